The van der Waals surface area contributed by atoms with Crippen molar-refractivity contribution in [2.45, 2.75) is 33.6 Å². The molecule has 1 amide bonds. The molecule has 1 rings (SSSR count). The zero-order valence-corrected chi connectivity index (χ0v) is 13.9. The number of nitrogens with zero attached hydrogens (tertiary/aromatic N) is 1. The molecule has 1 aromatic rings. The summed E-state index contributed by atoms with van der Waals surface area (Å²) in [4.78, 5) is 13.9. The Kier molecular flexibility index (Phi) is 9.07. The van der Waals surface area contributed by atoms with Crippen molar-refractivity contribution in [1.29, 1.82) is 0 Å². The summed E-state index contributed by atoms with van der Waals surface area (Å²) in [6.45, 7) is 10.4. The minimum absolute atomic E-state index is 0.347. The van der Waals surface area contributed by atoms with Crippen LogP contribution in [0.3, 0.4) is 0 Å². The monoisotopic (exact) mass is 308 g/mol. The average molecular weight is 308 g/mol. The fourth-order valence-electron chi connectivity index (χ4n) is 2.13. The van der Waals surface area contributed by atoms with E-state index >= 15 is 0 Å². The second-order valence-electron chi connectivity index (χ2n) is 4.92. The fraction of sp³-hybridized carbons (Fsp3) is 0.588. The van der Waals surface area contributed by atoms with Crippen LogP contribution in [0.25, 0.3) is 0 Å². The van der Waals surface area contributed by atoms with E-state index in [2.05, 4.69) is 24.1 Å². The van der Waals surface area contributed by atoms with Gasteiger partial charge in [0.05, 0.1) is 18.9 Å². The molecule has 5 heteroatoms. The van der Waals surface area contributed by atoms with Crippen LogP contribution in [0.4, 0.5) is 10.5 Å². The first-order chi connectivity index (χ1) is 10.7. The van der Waals surface area contributed by atoms with Crippen molar-refractivity contribution in [3.63, 3.8) is 0 Å². The SMILES string of the molecule is CCOC(=O)Nc1ccccc1OCCCCN(CC)CC. The number of rotatable bonds is 10. The maximum atomic E-state index is 11.5. The number of amides is 1. The first kappa shape index (κ1) is 18.3. The Labute approximate surface area is 133 Å². The maximum absolute atomic E-state index is 11.5. The van der Waals surface area contributed by atoms with E-state index < -0.39 is 6.09 Å². The van der Waals surface area contributed by atoms with E-state index in [1.807, 2.05) is 24.3 Å². The molecular formula is C17H28N2O3. The van der Waals surface area contributed by atoms with Gasteiger partial charge in [-0.2, -0.15) is 0 Å². The predicted octanol–water partition coefficient (Wildman–Crippen LogP) is 3.76. The van der Waals surface area contributed by atoms with E-state index in [0.717, 1.165) is 32.5 Å². The van der Waals surface area contributed by atoms with Gasteiger partial charge in [0.25, 0.3) is 0 Å². The Morgan fingerprint density at radius 2 is 1.86 bits per heavy atom. The van der Waals surface area contributed by atoms with Crippen LogP contribution in [-0.4, -0.2) is 43.8 Å². The molecule has 1 N–H and O–H groups in total. The van der Waals surface area contributed by atoms with Crippen molar-refractivity contribution in [3.05, 3.63) is 24.3 Å². The van der Waals surface area contributed by atoms with Crippen molar-refractivity contribution in [3.8, 4) is 5.75 Å². The van der Waals surface area contributed by atoms with Crippen LogP contribution in [0.2, 0.25) is 0 Å². The molecule has 0 bridgehead atoms. The minimum Gasteiger partial charge on any atom is -0.491 e. The van der Waals surface area contributed by atoms with Crippen LogP contribution >= 0.6 is 0 Å². The van der Waals surface area contributed by atoms with Crippen LogP contribution in [0, 0.1) is 0 Å². The van der Waals surface area contributed by atoms with Crippen molar-refractivity contribution in [2.24, 2.45) is 0 Å². The van der Waals surface area contributed by atoms with Gasteiger partial charge in [0.1, 0.15) is 5.75 Å². The number of anilines is 1. The second-order valence-corrected chi connectivity index (χ2v) is 4.92. The summed E-state index contributed by atoms with van der Waals surface area (Å²) in [5.41, 5.74) is 0.643. The quantitative estimate of drug-likeness (QED) is 0.669. The largest absolute Gasteiger partial charge is 0.491 e. The Morgan fingerprint density at radius 1 is 1.14 bits per heavy atom. The highest BCUT2D eigenvalue weighted by atomic mass is 16.5. The number of benzene rings is 1. The second kappa shape index (κ2) is 10.9. The highest BCUT2D eigenvalue weighted by Gasteiger charge is 2.07. The normalized spacial score (nSPS) is 10.5. The average Bonchev–Trinajstić information content (AvgIpc) is 2.52. The molecular weight excluding hydrogens is 280 g/mol. The summed E-state index contributed by atoms with van der Waals surface area (Å²) in [6.07, 6.45) is 1.64. The van der Waals surface area contributed by atoms with E-state index in [4.69, 9.17) is 9.47 Å². The van der Waals surface area contributed by atoms with Crippen molar-refractivity contribution < 1.29 is 14.3 Å². The van der Waals surface area contributed by atoms with E-state index in [1.165, 1.54) is 0 Å². The molecule has 0 radical (unpaired) electrons. The summed E-state index contributed by atoms with van der Waals surface area (Å²) >= 11 is 0. The Morgan fingerprint density at radius 3 is 2.55 bits per heavy atom. The molecule has 0 saturated carbocycles. The summed E-state index contributed by atoms with van der Waals surface area (Å²) < 4.78 is 10.7. The molecule has 0 fully saturated rings. The number of carbonyl (C=O) groups excluding carboxylic acids is 1. The molecule has 0 atom stereocenters. The lowest BCUT2D eigenvalue weighted by molar-refractivity contribution is 0.167. The standard InChI is InChI=1S/C17H28N2O3/c1-4-19(5-2)13-9-10-14-22-16-12-8-7-11-15(16)18-17(20)21-6-3/h7-8,11-12H,4-6,9-10,13-14H2,1-3H3,(H,18,20). The highest BCUT2D eigenvalue weighted by Crippen LogP contribution is 2.24. The summed E-state index contributed by atoms with van der Waals surface area (Å²) in [6, 6.07) is 7.41. The third-order valence-corrected chi connectivity index (χ3v) is 3.42. The van der Waals surface area contributed by atoms with Crippen LogP contribution in [0.5, 0.6) is 5.75 Å². The highest BCUT2D eigenvalue weighted by molar-refractivity contribution is 5.86. The van der Waals surface area contributed by atoms with E-state index in [0.29, 0.717) is 24.7 Å². The molecule has 5 nitrogen and oxygen atoms in total. The molecule has 0 aliphatic rings. The number of nitrogens with one attached hydrogen (secondary N) is 1. The molecule has 0 heterocycles. The molecule has 0 spiro atoms. The van der Waals surface area contributed by atoms with Gasteiger partial charge in [-0.3, -0.25) is 5.32 Å². The zero-order valence-electron chi connectivity index (χ0n) is 13.9. The lowest BCUT2D eigenvalue weighted by atomic mass is 10.3. The summed E-state index contributed by atoms with van der Waals surface area (Å²) in [7, 11) is 0. The van der Waals surface area contributed by atoms with Crippen LogP contribution in [-0.2, 0) is 4.74 Å². The third-order valence-electron chi connectivity index (χ3n) is 3.42. The van der Waals surface area contributed by atoms with E-state index in [9.17, 15) is 4.79 Å². The maximum Gasteiger partial charge on any atom is 0.411 e. The molecule has 0 saturated heterocycles. The van der Waals surface area contributed by atoms with Crippen molar-refractivity contribution in [1.82, 2.24) is 4.90 Å². The lowest BCUT2D eigenvalue weighted by Gasteiger charge is -2.17. The first-order valence-corrected chi connectivity index (χ1v) is 8.09. The van der Waals surface area contributed by atoms with Gasteiger partial charge in [-0.15, -0.1) is 0 Å². The van der Waals surface area contributed by atoms with Gasteiger partial charge in [-0.25, -0.2) is 4.79 Å². The Hall–Kier alpha value is -1.75. The fourth-order valence-corrected chi connectivity index (χ4v) is 2.13. The number of unbranched alkanes of at least 4 members (excludes halogenated alkanes) is 1. The minimum atomic E-state index is -0.458. The Balaban J connectivity index is 2.37. The molecule has 0 aliphatic carbocycles. The van der Waals surface area contributed by atoms with Gasteiger partial charge in [0.15, 0.2) is 0 Å². The third kappa shape index (κ3) is 6.80. The zero-order chi connectivity index (χ0) is 16.2. The molecule has 0 aliphatic heterocycles. The predicted molar refractivity (Wildman–Crippen MR) is 89.6 cm³/mol. The van der Waals surface area contributed by atoms with Gasteiger partial charge in [-0.1, -0.05) is 26.0 Å². The number of carbonyl (C=O) groups is 1. The smallest absolute Gasteiger partial charge is 0.411 e. The van der Waals surface area contributed by atoms with Gasteiger partial charge in [0, 0.05) is 0 Å². The number of hydrogen-bond acceptors (Lipinski definition) is 4. The van der Waals surface area contributed by atoms with E-state index in [-0.39, 0.29) is 0 Å². The van der Waals surface area contributed by atoms with Gasteiger partial charge in [-0.05, 0) is 51.5 Å². The van der Waals surface area contributed by atoms with E-state index in [1.54, 1.807) is 6.92 Å². The van der Waals surface area contributed by atoms with Crippen LogP contribution in [0.15, 0.2) is 24.3 Å². The molecule has 0 aromatic heterocycles. The van der Waals surface area contributed by atoms with Crippen LogP contribution < -0.4 is 10.1 Å². The number of para-hydroxylation sites is 2. The van der Waals surface area contributed by atoms with Crippen molar-refractivity contribution >= 4 is 11.8 Å². The summed E-state index contributed by atoms with van der Waals surface area (Å²) in [5.74, 6) is 0.679. The van der Waals surface area contributed by atoms with Crippen LogP contribution in [0.1, 0.15) is 33.6 Å². The summed E-state index contributed by atoms with van der Waals surface area (Å²) in [5, 5.41) is 2.69. The molecule has 1 aromatic carbocycles. The molecule has 22 heavy (non-hydrogen) atoms. The molecule has 0 unspecified atom stereocenters. The van der Waals surface area contributed by atoms with Gasteiger partial charge >= 0.3 is 6.09 Å². The topological polar surface area (TPSA) is 50.8 Å². The first-order valence-electron chi connectivity index (χ1n) is 8.09. The number of ether oxygens (including phenoxy) is 2. The Bertz CT molecular complexity index is 434. The number of hydrogen-bond donors (Lipinski definition) is 1. The van der Waals surface area contributed by atoms with Gasteiger partial charge < -0.3 is 14.4 Å². The van der Waals surface area contributed by atoms with Gasteiger partial charge in [0.2, 0.25) is 0 Å². The lowest BCUT2D eigenvalue weighted by Crippen LogP contribution is -2.24. The van der Waals surface area contributed by atoms with Crippen molar-refractivity contribution in [2.75, 3.05) is 38.2 Å². The molecule has 124 valence electrons.